The number of carbonyl (C=O) groups is 1. The average molecular weight is 311 g/mol. The number of rotatable bonds is 2. The predicted octanol–water partition coefficient (Wildman–Crippen LogP) is 2.17. The highest BCUT2D eigenvalue weighted by atomic mass is 32.2. The Bertz CT molecular complexity index is 584. The van der Waals surface area contributed by atoms with Crippen molar-refractivity contribution in [3.05, 3.63) is 35.9 Å². The number of ether oxygens (including phenoxy) is 1. The van der Waals surface area contributed by atoms with Crippen molar-refractivity contribution >= 4 is 17.4 Å². The highest BCUT2D eigenvalue weighted by molar-refractivity contribution is 7.78. The van der Waals surface area contributed by atoms with Crippen LogP contribution in [0.3, 0.4) is 0 Å². The molecule has 1 fully saturated rings. The molecule has 1 aliphatic heterocycles. The van der Waals surface area contributed by atoms with Crippen LogP contribution in [0.1, 0.15) is 8.30 Å². The Morgan fingerprint density at radius 1 is 1.50 bits per heavy atom. The maximum absolute atomic E-state index is 12.9. The third-order valence-electron chi connectivity index (χ3n) is 2.32. The van der Waals surface area contributed by atoms with E-state index in [9.17, 15) is 22.2 Å². The molecule has 5 nitrogen and oxygen atoms in total. The quantitative estimate of drug-likeness (QED) is 0.840. The van der Waals surface area contributed by atoms with Crippen LogP contribution in [0.25, 0.3) is 0 Å². The molecule has 110 valence electrons. The van der Waals surface area contributed by atoms with Crippen molar-refractivity contribution in [2.45, 2.75) is 18.8 Å². The zero-order valence-electron chi connectivity index (χ0n) is 11.8. The molecule has 0 bridgehead atoms. The Labute approximate surface area is 117 Å². The van der Waals surface area contributed by atoms with Crippen LogP contribution in [0.15, 0.2) is 30.3 Å². The lowest BCUT2D eigenvalue weighted by Crippen LogP contribution is -2.46. The van der Waals surface area contributed by atoms with E-state index < -0.39 is 36.1 Å². The van der Waals surface area contributed by atoms with E-state index in [0.29, 0.717) is 5.56 Å². The molecule has 0 N–H and O–H groups in total. The van der Waals surface area contributed by atoms with E-state index in [0.717, 1.165) is 0 Å². The molecule has 0 spiro atoms. The fraction of sp³-hybridized carbons (Fsp3) is 0.364. The third kappa shape index (κ3) is 3.28. The number of carbonyl (C=O) groups excluding carboxylic acids is 1. The van der Waals surface area contributed by atoms with E-state index in [2.05, 4.69) is 8.92 Å². The first-order valence-electron chi connectivity index (χ1n) is 6.31. The van der Waals surface area contributed by atoms with Crippen molar-refractivity contribution in [2.75, 3.05) is 6.56 Å². The first-order valence-corrected chi connectivity index (χ1v) is 6.34. The maximum atomic E-state index is 12.9. The standard InChI is InChI=1S/C11H10F3NO4S/c12-11(13,14)9-7-19-20(17)15(9)10(16)18-6-8-4-2-1-3-5-8/h1-5,9H,6-7H2/t9-,20?/m0/s1/i7D2. The number of benzene rings is 1. The summed E-state index contributed by atoms with van der Waals surface area (Å²) in [4.78, 5) is 11.7. The largest absolute Gasteiger partial charge is 0.444 e. The molecule has 2 rings (SSSR count). The number of hydrogen-bond donors (Lipinski definition) is 0. The van der Waals surface area contributed by atoms with E-state index in [1.54, 1.807) is 30.3 Å². The summed E-state index contributed by atoms with van der Waals surface area (Å²) >= 11 is -2.93. The lowest BCUT2D eigenvalue weighted by Gasteiger charge is -2.21. The van der Waals surface area contributed by atoms with E-state index in [4.69, 9.17) is 2.74 Å². The van der Waals surface area contributed by atoms with Gasteiger partial charge in [-0.1, -0.05) is 30.3 Å². The van der Waals surface area contributed by atoms with Crippen LogP contribution < -0.4 is 0 Å². The summed E-state index contributed by atoms with van der Waals surface area (Å²) in [7, 11) is 0. The summed E-state index contributed by atoms with van der Waals surface area (Å²) < 4.78 is 72.9. The molecule has 1 unspecified atom stereocenters. The lowest BCUT2D eigenvalue weighted by atomic mass is 10.2. The second-order valence-electron chi connectivity index (χ2n) is 3.73. The predicted molar refractivity (Wildman–Crippen MR) is 62.4 cm³/mol. The van der Waals surface area contributed by atoms with Gasteiger partial charge < -0.3 is 4.74 Å². The van der Waals surface area contributed by atoms with Gasteiger partial charge in [-0.2, -0.15) is 17.5 Å². The third-order valence-corrected chi connectivity index (χ3v) is 3.24. The van der Waals surface area contributed by atoms with Crippen LogP contribution in [0.4, 0.5) is 18.0 Å². The van der Waals surface area contributed by atoms with Crippen molar-refractivity contribution in [3.8, 4) is 0 Å². The van der Waals surface area contributed by atoms with Crippen molar-refractivity contribution in [1.82, 2.24) is 4.31 Å². The molecular weight excluding hydrogens is 299 g/mol. The number of alkyl halides is 3. The maximum Gasteiger partial charge on any atom is 0.424 e. The van der Waals surface area contributed by atoms with E-state index in [-0.39, 0.29) is 10.9 Å². The Hall–Kier alpha value is -1.61. The topological polar surface area (TPSA) is 55.8 Å². The molecule has 1 amide bonds. The molecule has 20 heavy (non-hydrogen) atoms. The minimum Gasteiger partial charge on any atom is -0.444 e. The van der Waals surface area contributed by atoms with Gasteiger partial charge in [0.05, 0.1) is 9.30 Å². The minimum atomic E-state index is -5.17. The van der Waals surface area contributed by atoms with Crippen LogP contribution in [0.2, 0.25) is 0 Å². The fourth-order valence-electron chi connectivity index (χ4n) is 1.41. The van der Waals surface area contributed by atoms with Crippen molar-refractivity contribution < 1.29 is 33.8 Å². The number of nitrogens with zero attached hydrogens (tertiary/aromatic N) is 1. The van der Waals surface area contributed by atoms with Crippen molar-refractivity contribution in [1.29, 1.82) is 0 Å². The molecule has 9 heteroatoms. The zero-order chi connectivity index (χ0) is 16.5. The molecule has 1 aliphatic rings. The molecular formula is C11H10F3NO4S. The average Bonchev–Trinajstić information content (AvgIpc) is 2.66. The van der Waals surface area contributed by atoms with Crippen LogP contribution in [-0.4, -0.2) is 33.4 Å². The first kappa shape index (κ1) is 12.2. The Morgan fingerprint density at radius 3 is 2.75 bits per heavy atom. The minimum absolute atomic E-state index is 0.289. The highest BCUT2D eigenvalue weighted by Crippen LogP contribution is 2.31. The van der Waals surface area contributed by atoms with Gasteiger partial charge in [0.15, 0.2) is 6.04 Å². The van der Waals surface area contributed by atoms with Crippen LogP contribution in [0, 0.1) is 0 Å². The molecule has 0 aliphatic carbocycles. The van der Waals surface area contributed by atoms with Gasteiger partial charge in [0.2, 0.25) is 0 Å². The Kier molecular flexibility index (Phi) is 3.52. The summed E-state index contributed by atoms with van der Waals surface area (Å²) in [5.74, 6) is 0. The molecule has 0 aromatic heterocycles. The zero-order valence-corrected chi connectivity index (χ0v) is 10.6. The summed E-state index contributed by atoms with van der Waals surface area (Å²) in [6, 6.07) is 5.11. The van der Waals surface area contributed by atoms with Crippen LogP contribution in [0.5, 0.6) is 0 Å². The fourth-order valence-corrected chi connectivity index (χ4v) is 2.17. The summed E-state index contributed by atoms with van der Waals surface area (Å²) in [5, 5.41) is 0. The van der Waals surface area contributed by atoms with Crippen molar-refractivity contribution in [2.24, 2.45) is 0 Å². The van der Waals surface area contributed by atoms with Gasteiger partial charge in [0.25, 0.3) is 11.3 Å². The molecule has 0 radical (unpaired) electrons. The molecule has 1 aromatic carbocycles. The van der Waals surface area contributed by atoms with Gasteiger partial charge in [0, 0.05) is 0 Å². The molecule has 1 saturated heterocycles. The van der Waals surface area contributed by atoms with Gasteiger partial charge in [-0.15, -0.1) is 0 Å². The summed E-state index contributed by atoms with van der Waals surface area (Å²) in [6.45, 7) is -3.67. The van der Waals surface area contributed by atoms with Gasteiger partial charge in [-0.25, -0.2) is 9.00 Å². The molecule has 0 saturated carbocycles. The normalized spacial score (nSPS) is 26.9. The van der Waals surface area contributed by atoms with E-state index in [1.165, 1.54) is 0 Å². The monoisotopic (exact) mass is 311 g/mol. The van der Waals surface area contributed by atoms with Crippen LogP contribution >= 0.6 is 0 Å². The first-order chi connectivity index (χ1) is 10.1. The molecule has 1 aromatic rings. The SMILES string of the molecule is [2H]C1([2H])OS(=O)N(C(=O)OCc2ccccc2)[C@@H]1C(F)(F)F. The Balaban J connectivity index is 2.15. The lowest BCUT2D eigenvalue weighted by molar-refractivity contribution is -0.167. The number of hydrogen-bond acceptors (Lipinski definition) is 4. The van der Waals surface area contributed by atoms with E-state index >= 15 is 0 Å². The van der Waals surface area contributed by atoms with Gasteiger partial charge >= 0.3 is 12.3 Å². The smallest absolute Gasteiger partial charge is 0.424 e. The second-order valence-corrected chi connectivity index (χ2v) is 4.72. The number of halogens is 3. The molecule has 2 atom stereocenters. The molecule has 1 heterocycles. The van der Waals surface area contributed by atoms with E-state index in [1.807, 2.05) is 0 Å². The Morgan fingerprint density at radius 2 is 2.15 bits per heavy atom. The van der Waals surface area contributed by atoms with Crippen LogP contribution in [-0.2, 0) is 26.8 Å². The summed E-state index contributed by atoms with van der Waals surface area (Å²) in [5.41, 5.74) is 0.508. The summed E-state index contributed by atoms with van der Waals surface area (Å²) in [6.07, 6.45) is -6.74. The van der Waals surface area contributed by atoms with Gasteiger partial charge in [-0.05, 0) is 5.56 Å². The van der Waals surface area contributed by atoms with Gasteiger partial charge in [-0.3, -0.25) is 4.18 Å². The second kappa shape index (κ2) is 5.80. The number of amides is 1. The van der Waals surface area contributed by atoms with Gasteiger partial charge in [0.1, 0.15) is 6.61 Å². The van der Waals surface area contributed by atoms with Crippen molar-refractivity contribution in [3.63, 3.8) is 0 Å². The highest BCUT2D eigenvalue weighted by Gasteiger charge is 2.53.